The second-order valence-electron chi connectivity index (χ2n) is 20.8. The van der Waals surface area contributed by atoms with Crippen LogP contribution >= 0.6 is 31.9 Å². The molecule has 0 unspecified atom stereocenters. The summed E-state index contributed by atoms with van der Waals surface area (Å²) >= 11 is 6.18. The van der Waals surface area contributed by atoms with Gasteiger partial charge in [0.15, 0.2) is 11.6 Å². The van der Waals surface area contributed by atoms with Gasteiger partial charge in [0.25, 0.3) is 11.8 Å². The number of quaternary nitrogens is 1. The van der Waals surface area contributed by atoms with Gasteiger partial charge in [0.1, 0.15) is 40.6 Å². The molecule has 86 heavy (non-hydrogen) atoms. The first kappa shape index (κ1) is 65.9. The molecule has 0 bridgehead atoms. The van der Waals surface area contributed by atoms with Gasteiger partial charge in [-0.05, 0) is 118 Å². The summed E-state index contributed by atoms with van der Waals surface area (Å²) in [5.74, 6) is -1.92. The van der Waals surface area contributed by atoms with E-state index in [4.69, 9.17) is 29.7 Å². The van der Waals surface area contributed by atoms with Crippen LogP contribution < -0.4 is 31.5 Å². The van der Waals surface area contributed by atoms with E-state index >= 15 is 0 Å². The Hall–Kier alpha value is -7.65. The van der Waals surface area contributed by atoms with E-state index in [9.17, 15) is 28.8 Å². The lowest BCUT2D eigenvalue weighted by atomic mass is 9.89. The van der Waals surface area contributed by atoms with Crippen LogP contribution in [0.3, 0.4) is 0 Å². The highest BCUT2D eigenvalue weighted by Crippen LogP contribution is 2.33. The fourth-order valence-corrected chi connectivity index (χ4v) is 10.4. The third-order valence-electron chi connectivity index (χ3n) is 14.3. The Bertz CT molecular complexity index is 3280. The summed E-state index contributed by atoms with van der Waals surface area (Å²) in [5.41, 5.74) is 13.1. The molecule has 2 aliphatic heterocycles. The van der Waals surface area contributed by atoms with E-state index in [2.05, 4.69) is 85.3 Å². The number of amides is 6. The highest BCUT2D eigenvalue weighted by molar-refractivity contribution is 9.14. The molecule has 5 heterocycles. The Labute approximate surface area is 517 Å². The molecule has 1 saturated heterocycles. The van der Waals surface area contributed by atoms with E-state index in [1.54, 1.807) is 23.4 Å². The summed E-state index contributed by atoms with van der Waals surface area (Å²) in [6.45, 7) is 10.4. The van der Waals surface area contributed by atoms with Crippen LogP contribution in [0.2, 0.25) is 0 Å². The molecular formula is C61H73Br2N13O10. The Morgan fingerprint density at radius 1 is 0.802 bits per heavy atom. The second kappa shape index (κ2) is 32.2. The predicted octanol–water partition coefficient (Wildman–Crippen LogP) is 7.74. The number of halogens is 2. The number of ether oxygens (including phenoxy) is 4. The van der Waals surface area contributed by atoms with Crippen LogP contribution in [-0.2, 0) is 49.5 Å². The Balaban J connectivity index is 0.0000106. The van der Waals surface area contributed by atoms with Crippen molar-refractivity contribution < 1.29 is 47.7 Å². The number of anilines is 3. The van der Waals surface area contributed by atoms with E-state index in [-0.39, 0.29) is 112 Å². The van der Waals surface area contributed by atoms with E-state index in [0.717, 1.165) is 63.1 Å². The normalized spacial score (nSPS) is 14.6. The fraction of sp³-hybridized carbons (Fsp3) is 0.377. The van der Waals surface area contributed by atoms with E-state index in [0.29, 0.717) is 48.1 Å². The molecule has 23 nitrogen and oxygen atoms in total. The number of hydrogen-bond acceptors (Lipinski definition) is 16. The minimum atomic E-state index is -0.859. The van der Waals surface area contributed by atoms with Gasteiger partial charge in [-0.1, -0.05) is 38.1 Å². The summed E-state index contributed by atoms with van der Waals surface area (Å²) in [4.78, 5) is 96.1. The van der Waals surface area contributed by atoms with E-state index < -0.39 is 29.8 Å². The average molecular weight is 1310 g/mol. The SMILES string of the molecule is Cc1ccc(-c2ncn(-c3ccc(Nc4nccc(-c5cccc([N+]6(Cc7ccc(NC(=O)[C@H](CCCNC(N)=O)CC(=O)[C@@H](NC(=O)CCOCCOCCOCCN8C(=O)C(Br)=C(Br)C8=O)C(C)C)cc7)CCOCC6)c5)n4)cc3)n2)cn1.[CH3-]. The maximum Gasteiger partial charge on any atom is 0.312 e. The first-order valence-electron chi connectivity index (χ1n) is 28.1. The van der Waals surface area contributed by atoms with Crippen molar-refractivity contribution in [2.24, 2.45) is 17.6 Å². The highest BCUT2D eigenvalue weighted by Gasteiger charge is 2.36. The number of nitrogens with two attached hydrogens (primary N) is 1. The number of imide groups is 1. The minimum absolute atomic E-state index is 0. The number of carbonyl (C=O) groups excluding carboxylic acids is 6. The van der Waals surface area contributed by atoms with Crippen molar-refractivity contribution >= 4 is 90.3 Å². The van der Waals surface area contributed by atoms with Crippen molar-refractivity contribution in [3.05, 3.63) is 137 Å². The Morgan fingerprint density at radius 2 is 1.49 bits per heavy atom. The van der Waals surface area contributed by atoms with Gasteiger partial charge in [0.05, 0.1) is 76.8 Å². The van der Waals surface area contributed by atoms with Gasteiger partial charge in [-0.3, -0.25) is 38.3 Å². The summed E-state index contributed by atoms with van der Waals surface area (Å²) in [6, 6.07) is 28.1. The number of urea groups is 1. The molecule has 3 aromatic carbocycles. The first-order valence-corrected chi connectivity index (χ1v) is 29.6. The zero-order valence-electron chi connectivity index (χ0n) is 48.6. The number of Topliss-reactive ketones (excluding diaryl/α,β-unsaturated/α-hetero) is 1. The number of benzene rings is 3. The monoisotopic (exact) mass is 1310 g/mol. The number of aromatic nitrogens is 6. The minimum Gasteiger partial charge on any atom is -0.379 e. The lowest BCUT2D eigenvalue weighted by Crippen LogP contribution is -2.55. The van der Waals surface area contributed by atoms with Crippen LogP contribution in [0.1, 0.15) is 50.8 Å². The van der Waals surface area contributed by atoms with E-state index in [1.807, 2.05) is 99.6 Å². The standard InChI is InChI=1S/C60H69Br2N13O10.CH3/c1-39(2)54(71-51(77)20-26-82-30-32-85-33-31-83-27-23-73-57(79)52(61)53(62)58(73)80)50(76)35-43(7-5-21-64-59(63)81)56(78)68-45-13-10-41(11-14-45)37-75(24-28-84-29-25-75)48-8-4-6-42(34-48)49-19-22-65-60(70-49)69-46-15-17-47(18-16-46)74-38-67-55(72-74)44-12-9-40(3)66-36-44;/h4,6,8-19,22,34,36,38-39,43,54H,5,7,20-21,23-33,35,37H2,1-3H3,(H5-,63,64,65,68,69,70,71,77,78,81);1H3/q;-1/p+1/t43-,54+;/m1./s1. The number of carbonyl (C=O) groups is 6. The molecule has 0 aliphatic carbocycles. The third kappa shape index (κ3) is 18.4. The van der Waals surface area contributed by atoms with Gasteiger partial charge >= 0.3 is 6.03 Å². The lowest BCUT2D eigenvalue weighted by molar-refractivity contribution is -0.138. The van der Waals surface area contributed by atoms with Crippen molar-refractivity contribution in [3.63, 3.8) is 0 Å². The molecule has 1 fully saturated rings. The van der Waals surface area contributed by atoms with Crippen molar-refractivity contribution in [1.29, 1.82) is 0 Å². The highest BCUT2D eigenvalue weighted by atomic mass is 79.9. The Kier molecular flexibility index (Phi) is 24.7. The average Bonchev–Trinajstić information content (AvgIpc) is 1.52. The summed E-state index contributed by atoms with van der Waals surface area (Å²) in [5, 5.41) is 16.4. The smallest absolute Gasteiger partial charge is 0.312 e. The second-order valence-corrected chi connectivity index (χ2v) is 22.4. The van der Waals surface area contributed by atoms with Crippen LogP contribution in [0.15, 0.2) is 119 Å². The summed E-state index contributed by atoms with van der Waals surface area (Å²) in [6.07, 6.45) is 5.68. The van der Waals surface area contributed by atoms with Crippen LogP contribution in [-0.4, -0.2) is 155 Å². The van der Waals surface area contributed by atoms with Crippen molar-refractivity contribution in [1.82, 2.24) is 49.7 Å². The molecule has 0 spiro atoms. The third-order valence-corrected chi connectivity index (χ3v) is 16.3. The van der Waals surface area contributed by atoms with Crippen molar-refractivity contribution in [3.8, 4) is 28.3 Å². The number of ketones is 1. The van der Waals surface area contributed by atoms with E-state index in [1.165, 1.54) is 0 Å². The predicted molar refractivity (Wildman–Crippen MR) is 333 cm³/mol. The zero-order valence-corrected chi connectivity index (χ0v) is 51.8. The maximum atomic E-state index is 14.0. The van der Waals surface area contributed by atoms with Crippen molar-refractivity contribution in [2.45, 2.75) is 59.0 Å². The molecule has 25 heteroatoms. The van der Waals surface area contributed by atoms with Crippen LogP contribution in [0.5, 0.6) is 0 Å². The molecule has 2 atom stereocenters. The number of rotatable bonds is 31. The molecule has 3 aromatic heterocycles. The van der Waals surface area contributed by atoms with Crippen LogP contribution in [0.25, 0.3) is 28.3 Å². The van der Waals surface area contributed by atoms with Gasteiger partial charge in [-0.15, -0.1) is 5.10 Å². The number of hydrogen-bond donors (Lipinski definition) is 5. The first-order chi connectivity index (χ1) is 41.0. The number of morpholine rings is 1. The quantitative estimate of drug-likeness (QED) is 0.0120. The van der Waals surface area contributed by atoms with Gasteiger partial charge in [0, 0.05) is 77.5 Å². The molecule has 0 radical (unpaired) electrons. The lowest BCUT2D eigenvalue weighted by Gasteiger charge is -2.41. The molecule has 456 valence electrons. The number of aryl methyl sites for hydroxylation is 1. The molecule has 6 amide bonds. The molecule has 0 saturated carbocycles. The molecule has 2 aliphatic rings. The van der Waals surface area contributed by atoms with Crippen LogP contribution in [0, 0.1) is 26.2 Å². The van der Waals surface area contributed by atoms with Crippen LogP contribution in [0.4, 0.5) is 27.8 Å². The largest absolute Gasteiger partial charge is 0.379 e. The zero-order chi connectivity index (χ0) is 60.3. The number of pyridine rings is 1. The number of nitrogens with one attached hydrogen (secondary N) is 4. The fourth-order valence-electron chi connectivity index (χ4n) is 9.68. The molecular weight excluding hydrogens is 1230 g/mol. The summed E-state index contributed by atoms with van der Waals surface area (Å²) < 4.78 is 25.2. The summed E-state index contributed by atoms with van der Waals surface area (Å²) in [7, 11) is 0. The van der Waals surface area contributed by atoms with Gasteiger partial charge in [-0.25, -0.2) is 24.4 Å². The molecule has 6 aromatic rings. The topological polar surface area (TPSA) is 286 Å². The number of primary amides is 1. The van der Waals surface area contributed by atoms with Gasteiger partial charge in [-0.2, -0.15) is 0 Å². The molecule has 6 N–H and O–H groups in total. The van der Waals surface area contributed by atoms with Gasteiger partial charge < -0.3 is 53.4 Å². The van der Waals surface area contributed by atoms with Crippen molar-refractivity contribution in [2.75, 3.05) is 89.7 Å². The Morgan fingerprint density at radius 3 is 2.16 bits per heavy atom. The number of nitrogens with zero attached hydrogens (tertiary/aromatic N) is 8. The van der Waals surface area contributed by atoms with Gasteiger partial charge in [0.2, 0.25) is 17.8 Å². The molecule has 8 rings (SSSR count). The maximum absolute atomic E-state index is 14.0.